The van der Waals surface area contributed by atoms with Crippen LogP contribution in [0.25, 0.3) is 5.82 Å². The molecule has 18 heavy (non-hydrogen) atoms. The Hall–Kier alpha value is -3.02. The molecule has 0 aliphatic carbocycles. The fourth-order valence-electron chi connectivity index (χ4n) is 1.26. The number of pyridine rings is 1. The molecule has 0 aliphatic rings. The topological polar surface area (TPSA) is 120 Å². The first-order valence-corrected chi connectivity index (χ1v) is 4.67. The van der Waals surface area contributed by atoms with Gasteiger partial charge >= 0.3 is 5.69 Å². The number of nitrogens with zero attached hydrogens (tertiary/aromatic N) is 6. The number of hydrogen-bond acceptors (Lipinski definition) is 7. The number of rotatable bonds is 3. The lowest BCUT2D eigenvalue weighted by Gasteiger charge is -2.03. The van der Waals surface area contributed by atoms with E-state index in [0.717, 1.165) is 4.68 Å². The number of aromatic nitrogens is 4. The molecule has 0 atom stereocenters. The molecule has 9 nitrogen and oxygen atoms in total. The van der Waals surface area contributed by atoms with Crippen LogP contribution in [-0.2, 0) is 0 Å². The van der Waals surface area contributed by atoms with Crippen molar-refractivity contribution < 1.29 is 9.66 Å². The Labute approximate surface area is 100 Å². The van der Waals surface area contributed by atoms with E-state index in [1.54, 1.807) is 6.07 Å². The predicted molar refractivity (Wildman–Crippen MR) is 57.1 cm³/mol. The highest BCUT2D eigenvalue weighted by Gasteiger charge is 2.19. The van der Waals surface area contributed by atoms with Gasteiger partial charge in [0.15, 0.2) is 0 Å². The lowest BCUT2D eigenvalue weighted by Crippen LogP contribution is -2.05. The van der Waals surface area contributed by atoms with Crippen molar-refractivity contribution in [1.82, 2.24) is 19.7 Å². The maximum atomic E-state index is 10.9. The second kappa shape index (κ2) is 4.46. The van der Waals surface area contributed by atoms with E-state index in [1.165, 1.54) is 25.6 Å². The molecule has 2 heterocycles. The third-order valence-electron chi connectivity index (χ3n) is 2.04. The molecular weight excluding hydrogens is 240 g/mol. The first-order valence-electron chi connectivity index (χ1n) is 4.67. The molecule has 0 fully saturated rings. The molecule has 2 rings (SSSR count). The maximum absolute atomic E-state index is 10.9. The maximum Gasteiger partial charge on any atom is 0.314 e. The Morgan fingerprint density at radius 1 is 1.56 bits per heavy atom. The summed E-state index contributed by atoms with van der Waals surface area (Å²) in [6, 6.07) is 4.33. The zero-order chi connectivity index (χ0) is 13.1. The van der Waals surface area contributed by atoms with Gasteiger partial charge < -0.3 is 4.74 Å². The molecule has 0 radical (unpaired) electrons. The van der Waals surface area contributed by atoms with Crippen molar-refractivity contribution in [2.24, 2.45) is 0 Å². The number of hydrogen-bond donors (Lipinski definition) is 0. The molecule has 90 valence electrons. The van der Waals surface area contributed by atoms with Crippen molar-refractivity contribution in [3.63, 3.8) is 0 Å². The Morgan fingerprint density at radius 2 is 2.33 bits per heavy atom. The summed E-state index contributed by atoms with van der Waals surface area (Å²) in [4.78, 5) is 17.8. The number of nitriles is 1. The van der Waals surface area contributed by atoms with Crippen molar-refractivity contribution >= 4 is 5.69 Å². The van der Waals surface area contributed by atoms with Gasteiger partial charge in [-0.25, -0.2) is 4.98 Å². The minimum Gasteiger partial charge on any atom is -0.481 e. The van der Waals surface area contributed by atoms with Crippen LogP contribution in [0.2, 0.25) is 0 Å². The zero-order valence-corrected chi connectivity index (χ0v) is 9.14. The molecule has 0 bridgehead atoms. The van der Waals surface area contributed by atoms with Gasteiger partial charge in [0.2, 0.25) is 11.7 Å². The molecule has 0 aromatic carbocycles. The standard InChI is InChI=1S/C9H6N6O3/c1-18-8-3-2-6(15(16)17)9(12-8)14-5-11-7(4-10)13-14/h2-3,5H,1H3. The van der Waals surface area contributed by atoms with Crippen LogP contribution in [0.3, 0.4) is 0 Å². The van der Waals surface area contributed by atoms with E-state index in [4.69, 9.17) is 10.00 Å². The van der Waals surface area contributed by atoms with E-state index in [2.05, 4.69) is 15.1 Å². The van der Waals surface area contributed by atoms with Crippen LogP contribution in [-0.4, -0.2) is 31.8 Å². The van der Waals surface area contributed by atoms with Crippen LogP contribution < -0.4 is 4.74 Å². The summed E-state index contributed by atoms with van der Waals surface area (Å²) in [5.41, 5.74) is -0.259. The Balaban J connectivity index is 2.60. The van der Waals surface area contributed by atoms with Gasteiger partial charge in [-0.1, -0.05) is 0 Å². The number of methoxy groups -OCH3 is 1. The van der Waals surface area contributed by atoms with E-state index in [1.807, 2.05) is 0 Å². The van der Waals surface area contributed by atoms with Crippen LogP contribution in [0, 0.1) is 21.4 Å². The van der Waals surface area contributed by atoms with Crippen LogP contribution in [0.15, 0.2) is 18.5 Å². The number of nitro groups is 1. The second-order valence-corrected chi connectivity index (χ2v) is 3.08. The van der Waals surface area contributed by atoms with Crippen LogP contribution in [0.4, 0.5) is 5.69 Å². The van der Waals surface area contributed by atoms with Crippen molar-refractivity contribution in [1.29, 1.82) is 5.26 Å². The van der Waals surface area contributed by atoms with Crippen molar-refractivity contribution in [3.05, 3.63) is 34.4 Å². The Morgan fingerprint density at radius 3 is 2.89 bits per heavy atom. The lowest BCUT2D eigenvalue weighted by atomic mass is 10.4. The quantitative estimate of drug-likeness (QED) is 0.569. The highest BCUT2D eigenvalue weighted by Crippen LogP contribution is 2.22. The van der Waals surface area contributed by atoms with E-state index >= 15 is 0 Å². The normalized spacial score (nSPS) is 9.78. The zero-order valence-electron chi connectivity index (χ0n) is 9.14. The molecule has 0 spiro atoms. The van der Waals surface area contributed by atoms with E-state index < -0.39 is 4.92 Å². The van der Waals surface area contributed by atoms with Gasteiger partial charge in [0.1, 0.15) is 12.4 Å². The predicted octanol–water partition coefficient (Wildman–Crippen LogP) is 0.451. The van der Waals surface area contributed by atoms with E-state index in [-0.39, 0.29) is 23.2 Å². The third-order valence-corrected chi connectivity index (χ3v) is 2.04. The molecule has 2 aromatic heterocycles. The minimum absolute atomic E-state index is 0.0617. The van der Waals surface area contributed by atoms with Gasteiger partial charge in [0.05, 0.1) is 12.0 Å². The summed E-state index contributed by atoms with van der Waals surface area (Å²) in [5, 5.41) is 23.2. The van der Waals surface area contributed by atoms with Gasteiger partial charge in [-0.3, -0.25) is 10.1 Å². The van der Waals surface area contributed by atoms with Gasteiger partial charge in [0, 0.05) is 12.1 Å². The van der Waals surface area contributed by atoms with E-state index in [9.17, 15) is 10.1 Å². The van der Waals surface area contributed by atoms with Gasteiger partial charge in [-0.2, -0.15) is 14.9 Å². The highest BCUT2D eigenvalue weighted by atomic mass is 16.6. The summed E-state index contributed by atoms with van der Waals surface area (Å²) in [6.07, 6.45) is 1.17. The molecule has 0 unspecified atom stereocenters. The summed E-state index contributed by atoms with van der Waals surface area (Å²) in [7, 11) is 1.39. The molecule has 0 aliphatic heterocycles. The minimum atomic E-state index is -0.602. The largest absolute Gasteiger partial charge is 0.481 e. The highest BCUT2D eigenvalue weighted by molar-refractivity contribution is 5.48. The summed E-state index contributed by atoms with van der Waals surface area (Å²) in [6.45, 7) is 0. The first kappa shape index (κ1) is 11.5. The molecule has 0 N–H and O–H groups in total. The lowest BCUT2D eigenvalue weighted by molar-refractivity contribution is -0.385. The van der Waals surface area contributed by atoms with Gasteiger partial charge in [-0.15, -0.1) is 5.10 Å². The van der Waals surface area contributed by atoms with Crippen LogP contribution in [0.1, 0.15) is 5.82 Å². The summed E-state index contributed by atoms with van der Waals surface area (Å²) < 4.78 is 5.94. The SMILES string of the molecule is COc1ccc([N+](=O)[O-])c(-n2cnc(C#N)n2)n1. The van der Waals surface area contributed by atoms with Gasteiger partial charge in [-0.05, 0) is 0 Å². The second-order valence-electron chi connectivity index (χ2n) is 3.08. The summed E-state index contributed by atoms with van der Waals surface area (Å²) in [5.74, 6) is 0.0341. The first-order chi connectivity index (χ1) is 8.65. The smallest absolute Gasteiger partial charge is 0.314 e. The Bertz CT molecular complexity index is 644. The van der Waals surface area contributed by atoms with Crippen LogP contribution in [0.5, 0.6) is 5.88 Å². The fourth-order valence-corrected chi connectivity index (χ4v) is 1.26. The van der Waals surface area contributed by atoms with Gasteiger partial charge in [0.25, 0.3) is 5.82 Å². The number of ether oxygens (including phenoxy) is 1. The molecule has 9 heteroatoms. The molecule has 0 saturated heterocycles. The van der Waals surface area contributed by atoms with Crippen LogP contribution >= 0.6 is 0 Å². The fraction of sp³-hybridized carbons (Fsp3) is 0.111. The molecular formula is C9H6N6O3. The average molecular weight is 246 g/mol. The molecule has 0 amide bonds. The molecule has 0 saturated carbocycles. The summed E-state index contributed by atoms with van der Waals surface area (Å²) >= 11 is 0. The molecule has 2 aromatic rings. The van der Waals surface area contributed by atoms with E-state index in [0.29, 0.717) is 0 Å². The van der Waals surface area contributed by atoms with Crippen molar-refractivity contribution in [2.45, 2.75) is 0 Å². The Kier molecular flexibility index (Phi) is 2.84. The van der Waals surface area contributed by atoms with Crippen molar-refractivity contribution in [2.75, 3.05) is 7.11 Å². The third kappa shape index (κ3) is 1.94. The monoisotopic (exact) mass is 246 g/mol. The average Bonchev–Trinajstić information content (AvgIpc) is 2.86. The van der Waals surface area contributed by atoms with Crippen molar-refractivity contribution in [3.8, 4) is 17.8 Å².